The number of hydrogen-bond donors (Lipinski definition) is 1. The molecule has 1 fully saturated rings. The summed E-state index contributed by atoms with van der Waals surface area (Å²) in [6.07, 6.45) is 5.26. The van der Waals surface area contributed by atoms with E-state index in [1.165, 1.54) is 16.7 Å². The van der Waals surface area contributed by atoms with Gasteiger partial charge in [0.15, 0.2) is 0 Å². The maximum absolute atomic E-state index is 11.6. The standard InChI is InChI=1S/C12H11N3O3S2/c16-9-3-10-15(9)11(12(17)18)7(6-20-10)5-19-8-4-13-1-2-14-8/h1-2,4,10H,3,5-6H2,(H,17,18)/t10-/m1/s1. The molecule has 0 bridgehead atoms. The van der Waals surface area contributed by atoms with E-state index in [1.54, 1.807) is 30.4 Å². The van der Waals surface area contributed by atoms with Gasteiger partial charge in [0.05, 0.1) is 18.0 Å². The number of carboxylic acids is 1. The Morgan fingerprint density at radius 3 is 3.05 bits per heavy atom. The highest BCUT2D eigenvalue weighted by Crippen LogP contribution is 2.40. The van der Waals surface area contributed by atoms with Gasteiger partial charge in [-0.3, -0.25) is 14.7 Å². The van der Waals surface area contributed by atoms with Crippen LogP contribution >= 0.6 is 23.5 Å². The Kier molecular flexibility index (Phi) is 3.66. The fraction of sp³-hybridized carbons (Fsp3) is 0.333. The zero-order valence-electron chi connectivity index (χ0n) is 10.4. The van der Waals surface area contributed by atoms with Gasteiger partial charge in [0.1, 0.15) is 10.7 Å². The van der Waals surface area contributed by atoms with Gasteiger partial charge >= 0.3 is 5.97 Å². The summed E-state index contributed by atoms with van der Waals surface area (Å²) in [5.74, 6) is 0.00683. The van der Waals surface area contributed by atoms with Gasteiger partial charge in [0.2, 0.25) is 5.91 Å². The molecule has 0 unspecified atom stereocenters. The highest BCUT2D eigenvalue weighted by atomic mass is 32.2. The average molecular weight is 309 g/mol. The number of carbonyl (C=O) groups excluding carboxylic acids is 1. The zero-order chi connectivity index (χ0) is 14.1. The highest BCUT2D eigenvalue weighted by Gasteiger charge is 2.45. The van der Waals surface area contributed by atoms with Crippen molar-refractivity contribution in [3.05, 3.63) is 29.9 Å². The Balaban J connectivity index is 1.80. The van der Waals surface area contributed by atoms with E-state index in [0.29, 0.717) is 17.9 Å². The van der Waals surface area contributed by atoms with Crippen molar-refractivity contribution in [2.75, 3.05) is 11.5 Å². The summed E-state index contributed by atoms with van der Waals surface area (Å²) >= 11 is 3.05. The van der Waals surface area contributed by atoms with E-state index in [-0.39, 0.29) is 17.0 Å². The van der Waals surface area contributed by atoms with E-state index in [9.17, 15) is 14.7 Å². The van der Waals surface area contributed by atoms with Crippen LogP contribution in [0.15, 0.2) is 34.9 Å². The molecule has 6 nitrogen and oxygen atoms in total. The number of thioether (sulfide) groups is 2. The molecule has 2 aliphatic rings. The van der Waals surface area contributed by atoms with Crippen LogP contribution in [0.3, 0.4) is 0 Å². The Morgan fingerprint density at radius 2 is 2.40 bits per heavy atom. The number of carbonyl (C=O) groups is 2. The number of carboxylic acid groups (broad SMARTS) is 1. The second-order valence-electron chi connectivity index (χ2n) is 4.32. The van der Waals surface area contributed by atoms with Crippen molar-refractivity contribution in [3.8, 4) is 0 Å². The van der Waals surface area contributed by atoms with E-state index >= 15 is 0 Å². The smallest absolute Gasteiger partial charge is 0.352 e. The van der Waals surface area contributed by atoms with Gasteiger partial charge in [-0.05, 0) is 5.57 Å². The Labute approximate surface area is 123 Å². The lowest BCUT2D eigenvalue weighted by molar-refractivity contribution is -0.146. The van der Waals surface area contributed by atoms with E-state index in [0.717, 1.165) is 10.6 Å². The van der Waals surface area contributed by atoms with E-state index in [1.807, 2.05) is 0 Å². The molecule has 1 aromatic heterocycles. The van der Waals surface area contributed by atoms with Crippen LogP contribution in [0.1, 0.15) is 6.42 Å². The van der Waals surface area contributed by atoms with Crippen LogP contribution in [-0.2, 0) is 9.59 Å². The van der Waals surface area contributed by atoms with Gasteiger partial charge < -0.3 is 5.11 Å². The Bertz CT molecular complexity index is 591. The summed E-state index contributed by atoms with van der Waals surface area (Å²) in [5, 5.41) is 10.1. The molecule has 0 radical (unpaired) electrons. The lowest BCUT2D eigenvalue weighted by atomic mass is 10.1. The largest absolute Gasteiger partial charge is 0.477 e. The number of amides is 1. The van der Waals surface area contributed by atoms with Crippen LogP contribution < -0.4 is 0 Å². The normalized spacial score (nSPS) is 21.5. The lowest BCUT2D eigenvalue weighted by Crippen LogP contribution is -2.54. The summed E-state index contributed by atoms with van der Waals surface area (Å²) in [7, 11) is 0. The number of nitrogens with zero attached hydrogens (tertiary/aromatic N) is 3. The number of aromatic nitrogens is 2. The first kappa shape index (κ1) is 13.4. The van der Waals surface area contributed by atoms with Gasteiger partial charge in [0, 0.05) is 23.9 Å². The molecule has 20 heavy (non-hydrogen) atoms. The number of fused-ring (bicyclic) bond motifs is 1. The Hall–Kier alpha value is -1.54. The van der Waals surface area contributed by atoms with Crippen molar-refractivity contribution in [3.63, 3.8) is 0 Å². The van der Waals surface area contributed by atoms with Gasteiger partial charge in [-0.15, -0.1) is 23.5 Å². The minimum Gasteiger partial charge on any atom is -0.477 e. The van der Waals surface area contributed by atoms with Crippen molar-refractivity contribution >= 4 is 35.4 Å². The first-order valence-electron chi connectivity index (χ1n) is 5.94. The molecule has 1 saturated heterocycles. The third kappa shape index (κ3) is 2.40. The van der Waals surface area contributed by atoms with Crippen LogP contribution in [-0.4, -0.2) is 48.7 Å². The molecule has 8 heteroatoms. The molecule has 1 amide bonds. The third-order valence-corrected chi connectivity index (χ3v) is 5.34. The Morgan fingerprint density at radius 1 is 1.55 bits per heavy atom. The number of hydrogen-bond acceptors (Lipinski definition) is 6. The van der Waals surface area contributed by atoms with E-state index < -0.39 is 5.97 Å². The summed E-state index contributed by atoms with van der Waals surface area (Å²) in [4.78, 5) is 32.5. The quantitative estimate of drug-likeness (QED) is 0.661. The van der Waals surface area contributed by atoms with Crippen molar-refractivity contribution in [1.29, 1.82) is 0 Å². The molecule has 2 aliphatic heterocycles. The highest BCUT2D eigenvalue weighted by molar-refractivity contribution is 8.01. The second kappa shape index (κ2) is 5.45. The number of aliphatic carboxylic acids is 1. The van der Waals surface area contributed by atoms with Crippen molar-refractivity contribution in [1.82, 2.24) is 14.9 Å². The maximum atomic E-state index is 11.6. The SMILES string of the molecule is O=C(O)C1=C(CSc2cnccn2)CS[C@@H]2CC(=O)N12. The molecule has 1 atom stereocenters. The first-order valence-corrected chi connectivity index (χ1v) is 7.98. The van der Waals surface area contributed by atoms with Crippen LogP contribution in [0.5, 0.6) is 0 Å². The van der Waals surface area contributed by atoms with Crippen molar-refractivity contribution in [2.45, 2.75) is 16.8 Å². The van der Waals surface area contributed by atoms with Gasteiger partial charge in [-0.1, -0.05) is 0 Å². The van der Waals surface area contributed by atoms with E-state index in [4.69, 9.17) is 0 Å². The summed E-state index contributed by atoms with van der Waals surface area (Å²) in [6.45, 7) is 0. The number of rotatable bonds is 4. The van der Waals surface area contributed by atoms with Crippen LogP contribution in [0.2, 0.25) is 0 Å². The predicted molar refractivity (Wildman–Crippen MR) is 75.1 cm³/mol. The molecule has 0 saturated carbocycles. The topological polar surface area (TPSA) is 83.4 Å². The van der Waals surface area contributed by atoms with Crippen molar-refractivity contribution in [2.24, 2.45) is 0 Å². The van der Waals surface area contributed by atoms with Crippen molar-refractivity contribution < 1.29 is 14.7 Å². The monoisotopic (exact) mass is 309 g/mol. The first-order chi connectivity index (χ1) is 9.66. The second-order valence-corrected chi connectivity index (χ2v) is 6.48. The van der Waals surface area contributed by atoms with Gasteiger partial charge in [-0.25, -0.2) is 9.78 Å². The lowest BCUT2D eigenvalue weighted by Gasteiger charge is -2.43. The molecule has 0 spiro atoms. The van der Waals surface area contributed by atoms with Gasteiger partial charge in [0.25, 0.3) is 0 Å². The summed E-state index contributed by atoms with van der Waals surface area (Å²) < 4.78 is 0. The molecule has 104 valence electrons. The fourth-order valence-corrected chi connectivity index (χ4v) is 4.34. The molecule has 1 N–H and O–H groups in total. The molecular formula is C12H11N3O3S2. The average Bonchev–Trinajstić information content (AvgIpc) is 2.45. The minimum absolute atomic E-state index is 0.00105. The molecule has 0 aliphatic carbocycles. The van der Waals surface area contributed by atoms with Crippen LogP contribution in [0.25, 0.3) is 0 Å². The predicted octanol–water partition coefficient (Wildman–Crippen LogP) is 1.21. The minimum atomic E-state index is -1.03. The third-order valence-electron chi connectivity index (χ3n) is 3.07. The van der Waals surface area contributed by atoms with Crippen LogP contribution in [0, 0.1) is 0 Å². The molecule has 0 aromatic carbocycles. The summed E-state index contributed by atoms with van der Waals surface area (Å²) in [6, 6.07) is 0. The maximum Gasteiger partial charge on any atom is 0.352 e. The molecule has 3 rings (SSSR count). The molecule has 1 aromatic rings. The summed E-state index contributed by atoms with van der Waals surface area (Å²) in [5.41, 5.74) is 0.920. The number of β-lactam (4-membered cyclic amide) rings is 1. The molecule has 3 heterocycles. The fourth-order valence-electron chi connectivity index (χ4n) is 2.11. The van der Waals surface area contributed by atoms with E-state index in [2.05, 4.69) is 9.97 Å². The molecular weight excluding hydrogens is 298 g/mol. The zero-order valence-corrected chi connectivity index (χ0v) is 12.0. The van der Waals surface area contributed by atoms with Crippen LogP contribution in [0.4, 0.5) is 0 Å². The van der Waals surface area contributed by atoms with Gasteiger partial charge in [-0.2, -0.15) is 0 Å².